The molecule has 2 aromatic carbocycles. The van der Waals surface area contributed by atoms with Crippen LogP contribution in [0.3, 0.4) is 0 Å². The molecule has 0 N–H and O–H groups in total. The Balaban J connectivity index is 1.95. The molecule has 1 aliphatic heterocycles. The third-order valence-electron chi connectivity index (χ3n) is 4.42. The van der Waals surface area contributed by atoms with E-state index in [9.17, 15) is 0 Å². The first kappa shape index (κ1) is 12.7. The van der Waals surface area contributed by atoms with E-state index in [-0.39, 0.29) is 0 Å². The van der Waals surface area contributed by atoms with Crippen molar-refractivity contribution in [2.75, 3.05) is 0 Å². The third-order valence-corrected chi connectivity index (χ3v) is 13.3. The molecule has 2 atom stereocenters. The molecule has 96 valence electrons. The van der Waals surface area contributed by atoms with Crippen LogP contribution in [0, 0.1) is 0 Å². The van der Waals surface area contributed by atoms with Gasteiger partial charge in [0.1, 0.15) is 0 Å². The zero-order chi connectivity index (χ0) is 13.3. The van der Waals surface area contributed by atoms with Crippen molar-refractivity contribution in [1.29, 1.82) is 0 Å². The molecule has 2 aromatic rings. The fourth-order valence-corrected chi connectivity index (χ4v) is 11.1. The standard InChI is InChI=1S/C18H20Ge/c1-19(2)17(15-9-5-3-6-10-15)13-14-18(19)16-11-7-4-8-12-16/h3-14,17-18H,1-2H3/t17-,18+. The summed E-state index contributed by atoms with van der Waals surface area (Å²) in [6.07, 6.45) is 4.93. The van der Waals surface area contributed by atoms with E-state index < -0.39 is 13.3 Å². The summed E-state index contributed by atoms with van der Waals surface area (Å²) in [6, 6.07) is 22.0. The molecule has 1 aliphatic rings. The van der Waals surface area contributed by atoms with Gasteiger partial charge in [-0.1, -0.05) is 0 Å². The molecule has 0 saturated carbocycles. The summed E-state index contributed by atoms with van der Waals surface area (Å²) in [5.41, 5.74) is 3.00. The van der Waals surface area contributed by atoms with E-state index in [0.717, 1.165) is 0 Å². The van der Waals surface area contributed by atoms with Crippen LogP contribution in [-0.2, 0) is 0 Å². The maximum atomic E-state index is 2.56. The predicted octanol–water partition coefficient (Wildman–Crippen LogP) is 4.91. The van der Waals surface area contributed by atoms with Gasteiger partial charge in [0.25, 0.3) is 0 Å². The molecule has 1 heteroatoms. The first-order valence-electron chi connectivity index (χ1n) is 6.98. The van der Waals surface area contributed by atoms with Crippen molar-refractivity contribution in [3.8, 4) is 0 Å². The zero-order valence-electron chi connectivity index (χ0n) is 11.6. The molecular weight excluding hydrogens is 289 g/mol. The minimum absolute atomic E-state index is 0.686. The van der Waals surface area contributed by atoms with Gasteiger partial charge >= 0.3 is 118 Å². The SMILES string of the molecule is [CH3][Ge]1([CH3])[C@@H](c2ccccc2)C=C[C@H]1c1ccccc1. The summed E-state index contributed by atoms with van der Waals surface area (Å²) in [5.74, 6) is 5.13. The van der Waals surface area contributed by atoms with E-state index in [4.69, 9.17) is 0 Å². The van der Waals surface area contributed by atoms with Crippen LogP contribution in [0.5, 0.6) is 0 Å². The molecular formula is C18H20Ge. The second-order valence-corrected chi connectivity index (χ2v) is 16.2. The van der Waals surface area contributed by atoms with Crippen LogP contribution >= 0.6 is 0 Å². The Bertz CT molecular complexity index is 518. The number of hydrogen-bond acceptors (Lipinski definition) is 0. The number of benzene rings is 2. The topological polar surface area (TPSA) is 0 Å². The summed E-state index contributed by atoms with van der Waals surface area (Å²) >= 11 is -1.96. The van der Waals surface area contributed by atoms with Gasteiger partial charge in [-0.25, -0.2) is 0 Å². The Hall–Kier alpha value is -1.28. The summed E-state index contributed by atoms with van der Waals surface area (Å²) in [4.78, 5) is 0. The van der Waals surface area contributed by atoms with Crippen LogP contribution in [0.2, 0.25) is 11.5 Å². The van der Waals surface area contributed by atoms with E-state index in [0.29, 0.717) is 9.50 Å². The monoisotopic (exact) mass is 310 g/mol. The second-order valence-electron chi connectivity index (χ2n) is 5.98. The number of rotatable bonds is 2. The summed E-state index contributed by atoms with van der Waals surface area (Å²) in [5, 5.41) is 0. The number of allylic oxidation sites excluding steroid dienone is 2. The van der Waals surface area contributed by atoms with E-state index >= 15 is 0 Å². The quantitative estimate of drug-likeness (QED) is 0.546. The van der Waals surface area contributed by atoms with E-state index in [1.165, 1.54) is 11.1 Å². The van der Waals surface area contributed by atoms with Crippen LogP contribution < -0.4 is 0 Å². The summed E-state index contributed by atoms with van der Waals surface area (Å²) < 4.78 is 1.37. The van der Waals surface area contributed by atoms with Crippen molar-refractivity contribution >= 4 is 13.3 Å². The van der Waals surface area contributed by atoms with Crippen molar-refractivity contribution in [2.45, 2.75) is 21.0 Å². The molecule has 0 nitrogen and oxygen atoms in total. The molecule has 0 amide bonds. The molecule has 0 fully saturated rings. The van der Waals surface area contributed by atoms with Gasteiger partial charge in [0.2, 0.25) is 0 Å². The molecule has 0 spiro atoms. The molecule has 3 rings (SSSR count). The van der Waals surface area contributed by atoms with Gasteiger partial charge in [-0.2, -0.15) is 0 Å². The Labute approximate surface area is 118 Å². The van der Waals surface area contributed by atoms with Crippen molar-refractivity contribution in [2.24, 2.45) is 0 Å². The van der Waals surface area contributed by atoms with E-state index in [1.54, 1.807) is 0 Å². The van der Waals surface area contributed by atoms with Crippen LogP contribution in [0.25, 0.3) is 0 Å². The van der Waals surface area contributed by atoms with Crippen LogP contribution in [0.1, 0.15) is 20.6 Å². The van der Waals surface area contributed by atoms with E-state index in [2.05, 4.69) is 84.3 Å². The average Bonchev–Trinajstić information content (AvgIpc) is 2.76. The molecule has 0 saturated heterocycles. The van der Waals surface area contributed by atoms with Gasteiger partial charge in [0.15, 0.2) is 0 Å². The van der Waals surface area contributed by atoms with E-state index in [1.807, 2.05) is 0 Å². The van der Waals surface area contributed by atoms with Crippen molar-refractivity contribution in [3.63, 3.8) is 0 Å². The third kappa shape index (κ3) is 2.30. The maximum absolute atomic E-state index is 2.56. The predicted molar refractivity (Wildman–Crippen MR) is 85.0 cm³/mol. The van der Waals surface area contributed by atoms with Gasteiger partial charge < -0.3 is 0 Å². The number of hydrogen-bond donors (Lipinski definition) is 0. The Morgan fingerprint density at radius 2 is 1.00 bits per heavy atom. The fourth-order valence-electron chi connectivity index (χ4n) is 3.31. The van der Waals surface area contributed by atoms with Gasteiger partial charge in [-0.15, -0.1) is 0 Å². The van der Waals surface area contributed by atoms with Crippen molar-refractivity contribution in [3.05, 3.63) is 83.9 Å². The minimum atomic E-state index is -1.96. The molecule has 0 bridgehead atoms. The Morgan fingerprint density at radius 1 is 0.632 bits per heavy atom. The van der Waals surface area contributed by atoms with Crippen LogP contribution in [-0.4, -0.2) is 13.3 Å². The molecule has 19 heavy (non-hydrogen) atoms. The average molecular weight is 309 g/mol. The van der Waals surface area contributed by atoms with Crippen molar-refractivity contribution in [1.82, 2.24) is 0 Å². The van der Waals surface area contributed by atoms with Crippen LogP contribution in [0.15, 0.2) is 72.8 Å². The fraction of sp³-hybridized carbons (Fsp3) is 0.222. The zero-order valence-corrected chi connectivity index (χ0v) is 13.7. The van der Waals surface area contributed by atoms with Crippen LogP contribution in [0.4, 0.5) is 0 Å². The van der Waals surface area contributed by atoms with Crippen molar-refractivity contribution < 1.29 is 0 Å². The first-order valence-corrected chi connectivity index (χ1v) is 13.6. The summed E-state index contributed by atoms with van der Waals surface area (Å²) in [6.45, 7) is 0. The summed E-state index contributed by atoms with van der Waals surface area (Å²) in [7, 11) is 0. The molecule has 0 aliphatic carbocycles. The van der Waals surface area contributed by atoms with Gasteiger partial charge in [0.05, 0.1) is 0 Å². The second kappa shape index (κ2) is 5.01. The first-order chi connectivity index (χ1) is 9.19. The Kier molecular flexibility index (Phi) is 3.36. The van der Waals surface area contributed by atoms with Gasteiger partial charge in [0, 0.05) is 0 Å². The molecule has 1 heterocycles. The molecule has 0 radical (unpaired) electrons. The Morgan fingerprint density at radius 3 is 1.37 bits per heavy atom. The van der Waals surface area contributed by atoms with Gasteiger partial charge in [-0.3, -0.25) is 0 Å². The normalized spacial score (nSPS) is 24.5. The van der Waals surface area contributed by atoms with Gasteiger partial charge in [-0.05, 0) is 0 Å². The molecule has 0 aromatic heterocycles. The molecule has 0 unspecified atom stereocenters.